The Morgan fingerprint density at radius 3 is 2.65 bits per heavy atom. The van der Waals surface area contributed by atoms with Crippen molar-refractivity contribution in [2.24, 2.45) is 0 Å². The molecule has 1 atom stereocenters. The molecule has 0 aliphatic carbocycles. The van der Waals surface area contributed by atoms with Crippen molar-refractivity contribution in [3.05, 3.63) is 62.3 Å². The summed E-state index contributed by atoms with van der Waals surface area (Å²) in [6, 6.07) is 9.90. The molecule has 0 spiro atoms. The maximum absolute atomic E-state index is 14.0. The lowest BCUT2D eigenvalue weighted by Gasteiger charge is -2.18. The zero-order chi connectivity index (χ0) is 14.7. The maximum atomic E-state index is 14.0. The standard InChI is InChI=1S/C15H13Br2FO2/c1-2-20-13-7-6-9(16)8-10(13)15(19)14-11(17)4-3-5-12(14)18/h3-8,15,19H,2H2,1H3. The van der Waals surface area contributed by atoms with Crippen LogP contribution in [-0.2, 0) is 0 Å². The summed E-state index contributed by atoms with van der Waals surface area (Å²) < 4.78 is 20.8. The molecule has 0 radical (unpaired) electrons. The van der Waals surface area contributed by atoms with E-state index in [2.05, 4.69) is 31.9 Å². The van der Waals surface area contributed by atoms with Crippen LogP contribution in [0, 0.1) is 5.82 Å². The van der Waals surface area contributed by atoms with Crippen LogP contribution in [0.4, 0.5) is 4.39 Å². The van der Waals surface area contributed by atoms with Crippen LogP contribution in [0.1, 0.15) is 24.2 Å². The number of halogens is 3. The van der Waals surface area contributed by atoms with Crippen molar-refractivity contribution in [1.82, 2.24) is 0 Å². The molecule has 20 heavy (non-hydrogen) atoms. The first-order valence-electron chi connectivity index (χ1n) is 6.08. The van der Waals surface area contributed by atoms with Gasteiger partial charge in [0.1, 0.15) is 17.7 Å². The third-order valence-corrected chi connectivity index (χ3v) is 4.02. The van der Waals surface area contributed by atoms with E-state index in [0.29, 0.717) is 22.4 Å². The largest absolute Gasteiger partial charge is 0.493 e. The average Bonchev–Trinajstić information content (AvgIpc) is 2.40. The molecule has 0 saturated carbocycles. The van der Waals surface area contributed by atoms with Crippen LogP contribution < -0.4 is 4.74 Å². The Labute approximate surface area is 133 Å². The molecule has 0 fully saturated rings. The summed E-state index contributed by atoms with van der Waals surface area (Å²) in [5, 5.41) is 10.5. The van der Waals surface area contributed by atoms with E-state index in [1.807, 2.05) is 13.0 Å². The molecule has 106 valence electrons. The SMILES string of the molecule is CCOc1ccc(Br)cc1C(O)c1c(F)cccc1Br. The molecule has 2 aromatic carbocycles. The van der Waals surface area contributed by atoms with Gasteiger partial charge in [0.25, 0.3) is 0 Å². The normalized spacial score (nSPS) is 12.2. The predicted octanol–water partition coefficient (Wildman–Crippen LogP) is 4.83. The van der Waals surface area contributed by atoms with Crippen molar-refractivity contribution in [3.63, 3.8) is 0 Å². The second-order valence-electron chi connectivity index (χ2n) is 4.15. The summed E-state index contributed by atoms with van der Waals surface area (Å²) in [7, 11) is 0. The number of aliphatic hydroxyl groups excluding tert-OH is 1. The molecule has 2 aromatic rings. The quantitative estimate of drug-likeness (QED) is 0.791. The van der Waals surface area contributed by atoms with E-state index in [0.717, 1.165) is 4.47 Å². The summed E-state index contributed by atoms with van der Waals surface area (Å²) in [6.45, 7) is 2.33. The second-order valence-corrected chi connectivity index (χ2v) is 5.92. The van der Waals surface area contributed by atoms with Crippen molar-refractivity contribution < 1.29 is 14.2 Å². The summed E-state index contributed by atoms with van der Waals surface area (Å²) in [4.78, 5) is 0. The highest BCUT2D eigenvalue weighted by Crippen LogP contribution is 2.36. The molecule has 2 nitrogen and oxygen atoms in total. The van der Waals surface area contributed by atoms with Gasteiger partial charge < -0.3 is 9.84 Å². The fourth-order valence-corrected chi connectivity index (χ4v) is 2.89. The molecule has 0 heterocycles. The molecule has 0 aliphatic heterocycles. The van der Waals surface area contributed by atoms with E-state index < -0.39 is 11.9 Å². The van der Waals surface area contributed by atoms with Gasteiger partial charge in [-0.15, -0.1) is 0 Å². The molecule has 0 amide bonds. The molecule has 0 saturated heterocycles. The van der Waals surface area contributed by atoms with Crippen molar-refractivity contribution in [1.29, 1.82) is 0 Å². The van der Waals surface area contributed by atoms with Gasteiger partial charge in [-0.2, -0.15) is 0 Å². The molecular weight excluding hydrogens is 391 g/mol. The van der Waals surface area contributed by atoms with Gasteiger partial charge in [0, 0.05) is 20.1 Å². The molecule has 0 aromatic heterocycles. The van der Waals surface area contributed by atoms with E-state index in [4.69, 9.17) is 4.74 Å². The smallest absolute Gasteiger partial charge is 0.130 e. The Kier molecular flexibility index (Phi) is 5.18. The Hall–Kier alpha value is -0.910. The lowest BCUT2D eigenvalue weighted by molar-refractivity contribution is 0.206. The number of benzene rings is 2. The molecular formula is C15H13Br2FO2. The fourth-order valence-electron chi connectivity index (χ4n) is 1.95. The Morgan fingerprint density at radius 1 is 1.25 bits per heavy atom. The number of ether oxygens (including phenoxy) is 1. The lowest BCUT2D eigenvalue weighted by Crippen LogP contribution is -2.07. The number of aliphatic hydroxyl groups is 1. The second kappa shape index (κ2) is 6.70. The van der Waals surface area contributed by atoms with Crippen LogP contribution >= 0.6 is 31.9 Å². The van der Waals surface area contributed by atoms with Crippen LogP contribution in [-0.4, -0.2) is 11.7 Å². The van der Waals surface area contributed by atoms with Gasteiger partial charge in [0.15, 0.2) is 0 Å². The first kappa shape index (κ1) is 15.5. The summed E-state index contributed by atoms with van der Waals surface area (Å²) in [5.74, 6) is 0.0765. The summed E-state index contributed by atoms with van der Waals surface area (Å²) in [6.07, 6.45) is -1.11. The van der Waals surface area contributed by atoms with Crippen molar-refractivity contribution in [3.8, 4) is 5.75 Å². The minimum absolute atomic E-state index is 0.201. The van der Waals surface area contributed by atoms with Crippen molar-refractivity contribution in [2.45, 2.75) is 13.0 Å². The highest BCUT2D eigenvalue weighted by atomic mass is 79.9. The van der Waals surface area contributed by atoms with Gasteiger partial charge in [-0.3, -0.25) is 0 Å². The summed E-state index contributed by atoms with van der Waals surface area (Å²) in [5.41, 5.74) is 0.721. The van der Waals surface area contributed by atoms with Gasteiger partial charge in [0.2, 0.25) is 0 Å². The lowest BCUT2D eigenvalue weighted by atomic mass is 10.00. The number of hydrogen-bond donors (Lipinski definition) is 1. The molecule has 0 bridgehead atoms. The highest BCUT2D eigenvalue weighted by molar-refractivity contribution is 9.10. The minimum Gasteiger partial charge on any atom is -0.493 e. The predicted molar refractivity (Wildman–Crippen MR) is 83.5 cm³/mol. The molecule has 1 unspecified atom stereocenters. The van der Waals surface area contributed by atoms with Gasteiger partial charge >= 0.3 is 0 Å². The van der Waals surface area contributed by atoms with Crippen LogP contribution in [0.5, 0.6) is 5.75 Å². The topological polar surface area (TPSA) is 29.5 Å². The van der Waals surface area contributed by atoms with Gasteiger partial charge in [-0.25, -0.2) is 4.39 Å². The van der Waals surface area contributed by atoms with Gasteiger partial charge in [0.05, 0.1) is 6.61 Å². The van der Waals surface area contributed by atoms with Crippen LogP contribution in [0.2, 0.25) is 0 Å². The maximum Gasteiger partial charge on any atom is 0.130 e. The highest BCUT2D eigenvalue weighted by Gasteiger charge is 2.21. The van der Waals surface area contributed by atoms with Crippen LogP contribution in [0.15, 0.2) is 45.3 Å². The van der Waals surface area contributed by atoms with Crippen LogP contribution in [0.25, 0.3) is 0 Å². The Balaban J connectivity index is 2.52. The van der Waals surface area contributed by atoms with Gasteiger partial charge in [-0.05, 0) is 37.3 Å². The molecule has 1 N–H and O–H groups in total. The molecule has 2 rings (SSSR count). The third-order valence-electron chi connectivity index (χ3n) is 2.84. The molecule has 5 heteroatoms. The van der Waals surface area contributed by atoms with Gasteiger partial charge in [-0.1, -0.05) is 37.9 Å². The van der Waals surface area contributed by atoms with E-state index in [1.165, 1.54) is 6.07 Å². The Bertz CT molecular complexity index is 597. The molecule has 0 aliphatic rings. The zero-order valence-electron chi connectivity index (χ0n) is 10.7. The number of rotatable bonds is 4. The Morgan fingerprint density at radius 2 is 2.00 bits per heavy atom. The number of hydrogen-bond acceptors (Lipinski definition) is 2. The van der Waals surface area contributed by atoms with Crippen molar-refractivity contribution in [2.75, 3.05) is 6.61 Å². The monoisotopic (exact) mass is 402 g/mol. The summed E-state index contributed by atoms with van der Waals surface area (Å²) >= 11 is 6.63. The van der Waals surface area contributed by atoms with Crippen molar-refractivity contribution >= 4 is 31.9 Å². The average molecular weight is 404 g/mol. The zero-order valence-corrected chi connectivity index (χ0v) is 13.9. The first-order valence-corrected chi connectivity index (χ1v) is 7.67. The fraction of sp³-hybridized carbons (Fsp3) is 0.200. The first-order chi connectivity index (χ1) is 9.54. The van der Waals surface area contributed by atoms with E-state index >= 15 is 0 Å². The van der Waals surface area contributed by atoms with E-state index in [1.54, 1.807) is 24.3 Å². The van der Waals surface area contributed by atoms with E-state index in [-0.39, 0.29) is 5.56 Å². The van der Waals surface area contributed by atoms with E-state index in [9.17, 15) is 9.50 Å². The third kappa shape index (κ3) is 3.22. The minimum atomic E-state index is -1.11. The van der Waals surface area contributed by atoms with Crippen LogP contribution in [0.3, 0.4) is 0 Å².